The number of ether oxygens (including phenoxy) is 3. The number of nitrogens with zero attached hydrogens (tertiary/aromatic N) is 1. The zero-order valence-electron chi connectivity index (χ0n) is 12.5. The normalized spacial score (nSPS) is 22.8. The predicted octanol–water partition coefficient (Wildman–Crippen LogP) is 1.57. The Morgan fingerprint density at radius 2 is 1.89 bits per heavy atom. The van der Waals surface area contributed by atoms with Gasteiger partial charge in [0.25, 0.3) is 0 Å². The fraction of sp³-hybridized carbons (Fsp3) is 0.846. The smallest absolute Gasteiger partial charge is 0.411 e. The van der Waals surface area contributed by atoms with Gasteiger partial charge in [0.05, 0.1) is 25.9 Å². The quantitative estimate of drug-likeness (QED) is 0.679. The molecule has 0 bridgehead atoms. The number of amides is 1. The van der Waals surface area contributed by atoms with Crippen LogP contribution in [0.2, 0.25) is 0 Å². The van der Waals surface area contributed by atoms with Crippen molar-refractivity contribution in [3.05, 3.63) is 0 Å². The van der Waals surface area contributed by atoms with Gasteiger partial charge in [0, 0.05) is 0 Å². The number of morpholine rings is 1. The molecule has 0 aromatic heterocycles. The maximum absolute atomic E-state index is 12.2. The summed E-state index contributed by atoms with van der Waals surface area (Å²) in [6, 6.07) is -0.757. The lowest BCUT2D eigenvalue weighted by molar-refractivity contribution is -0.163. The molecule has 1 saturated heterocycles. The summed E-state index contributed by atoms with van der Waals surface area (Å²) in [5.41, 5.74) is -1.12. The third kappa shape index (κ3) is 4.38. The van der Waals surface area contributed by atoms with E-state index in [-0.39, 0.29) is 13.2 Å². The summed E-state index contributed by atoms with van der Waals surface area (Å²) in [6.45, 7) is 9.45. The Morgan fingerprint density at radius 3 is 2.37 bits per heavy atom. The molecular weight excluding hydrogens is 250 g/mol. The van der Waals surface area contributed by atoms with Crippen molar-refractivity contribution in [1.29, 1.82) is 0 Å². The Balaban J connectivity index is 2.88. The molecule has 1 aliphatic heterocycles. The zero-order chi connectivity index (χ0) is 14.8. The van der Waals surface area contributed by atoms with E-state index < -0.39 is 29.3 Å². The molecule has 0 spiro atoms. The second kappa shape index (κ2) is 5.36. The molecule has 0 aromatic carbocycles. The van der Waals surface area contributed by atoms with E-state index >= 15 is 0 Å². The van der Waals surface area contributed by atoms with Crippen LogP contribution >= 0.6 is 0 Å². The highest BCUT2D eigenvalue weighted by atomic mass is 16.6. The van der Waals surface area contributed by atoms with Crippen molar-refractivity contribution in [1.82, 2.24) is 4.90 Å². The number of carbonyl (C=O) groups excluding carboxylic acids is 2. The Kier molecular flexibility index (Phi) is 4.45. The van der Waals surface area contributed by atoms with E-state index in [4.69, 9.17) is 14.2 Å². The molecule has 0 radical (unpaired) electrons. The van der Waals surface area contributed by atoms with E-state index in [1.165, 1.54) is 12.0 Å². The summed E-state index contributed by atoms with van der Waals surface area (Å²) in [5, 5.41) is 0. The van der Waals surface area contributed by atoms with Gasteiger partial charge in [0.1, 0.15) is 5.60 Å². The lowest BCUT2D eigenvalue weighted by Crippen LogP contribution is -2.59. The molecule has 110 valence electrons. The predicted molar refractivity (Wildman–Crippen MR) is 68.8 cm³/mol. The zero-order valence-corrected chi connectivity index (χ0v) is 12.5. The fourth-order valence-electron chi connectivity index (χ4n) is 1.80. The number of esters is 1. The van der Waals surface area contributed by atoms with Gasteiger partial charge in [-0.05, 0) is 34.6 Å². The van der Waals surface area contributed by atoms with Crippen LogP contribution in [0.5, 0.6) is 0 Å². The molecule has 1 fully saturated rings. The van der Waals surface area contributed by atoms with Crippen LogP contribution in [0, 0.1) is 0 Å². The van der Waals surface area contributed by atoms with Gasteiger partial charge < -0.3 is 14.2 Å². The van der Waals surface area contributed by atoms with Crippen LogP contribution in [-0.4, -0.2) is 54.5 Å². The van der Waals surface area contributed by atoms with Crippen molar-refractivity contribution in [2.24, 2.45) is 0 Å². The minimum Gasteiger partial charge on any atom is -0.467 e. The molecule has 1 unspecified atom stereocenters. The summed E-state index contributed by atoms with van der Waals surface area (Å²) in [6.07, 6.45) is -0.528. The molecule has 0 N–H and O–H groups in total. The highest BCUT2D eigenvalue weighted by Crippen LogP contribution is 2.23. The van der Waals surface area contributed by atoms with E-state index in [1.807, 2.05) is 13.8 Å². The number of rotatable bonds is 1. The van der Waals surface area contributed by atoms with E-state index in [2.05, 4.69) is 0 Å². The highest BCUT2D eigenvalue weighted by Gasteiger charge is 2.42. The fourth-order valence-corrected chi connectivity index (χ4v) is 1.80. The van der Waals surface area contributed by atoms with E-state index in [0.717, 1.165) is 0 Å². The SMILES string of the molecule is COC(=O)C1COC(C)(C)CN1C(=O)OC(C)(C)C. The first-order chi connectivity index (χ1) is 8.56. The van der Waals surface area contributed by atoms with Gasteiger partial charge in [-0.15, -0.1) is 0 Å². The van der Waals surface area contributed by atoms with Crippen LogP contribution in [0.15, 0.2) is 0 Å². The van der Waals surface area contributed by atoms with Gasteiger partial charge in [-0.2, -0.15) is 0 Å². The standard InChI is InChI=1S/C13H23NO5/c1-12(2,3)19-11(16)14-8-13(4,5)18-7-9(14)10(15)17-6/h9H,7-8H2,1-6H3. The van der Waals surface area contributed by atoms with Gasteiger partial charge in [-0.3, -0.25) is 4.90 Å². The lowest BCUT2D eigenvalue weighted by Gasteiger charge is -2.42. The van der Waals surface area contributed by atoms with Gasteiger partial charge in [-0.25, -0.2) is 9.59 Å². The third-order valence-electron chi connectivity index (χ3n) is 2.66. The van der Waals surface area contributed by atoms with Crippen LogP contribution < -0.4 is 0 Å². The molecule has 1 amide bonds. The van der Waals surface area contributed by atoms with Gasteiger partial charge >= 0.3 is 12.1 Å². The van der Waals surface area contributed by atoms with Gasteiger partial charge in [0.2, 0.25) is 0 Å². The van der Waals surface area contributed by atoms with Gasteiger partial charge in [0.15, 0.2) is 6.04 Å². The molecule has 1 rings (SSSR count). The summed E-state index contributed by atoms with van der Waals surface area (Å²) < 4.78 is 15.6. The Hall–Kier alpha value is -1.30. The Labute approximate surface area is 114 Å². The number of carbonyl (C=O) groups is 2. The third-order valence-corrected chi connectivity index (χ3v) is 2.66. The highest BCUT2D eigenvalue weighted by molar-refractivity contribution is 5.82. The molecule has 6 heteroatoms. The molecule has 0 aromatic rings. The van der Waals surface area contributed by atoms with E-state index in [0.29, 0.717) is 0 Å². The molecule has 19 heavy (non-hydrogen) atoms. The molecule has 0 aliphatic carbocycles. The molecule has 0 saturated carbocycles. The summed E-state index contributed by atoms with van der Waals surface area (Å²) >= 11 is 0. The molecular formula is C13H23NO5. The minimum absolute atomic E-state index is 0.110. The summed E-state index contributed by atoms with van der Waals surface area (Å²) in [7, 11) is 1.29. The lowest BCUT2D eigenvalue weighted by atomic mass is 10.0. The topological polar surface area (TPSA) is 65.1 Å². The second-order valence-electron chi connectivity index (χ2n) is 6.22. The average Bonchev–Trinajstić information content (AvgIpc) is 2.24. The van der Waals surface area contributed by atoms with E-state index in [1.54, 1.807) is 20.8 Å². The maximum atomic E-state index is 12.2. The summed E-state index contributed by atoms with van der Waals surface area (Å²) in [4.78, 5) is 25.3. The van der Waals surface area contributed by atoms with Crippen molar-refractivity contribution in [2.45, 2.75) is 51.9 Å². The largest absolute Gasteiger partial charge is 0.467 e. The summed E-state index contributed by atoms with van der Waals surface area (Å²) in [5.74, 6) is -0.499. The molecule has 1 aliphatic rings. The van der Waals surface area contributed by atoms with Crippen LogP contribution in [0.25, 0.3) is 0 Å². The van der Waals surface area contributed by atoms with Crippen molar-refractivity contribution >= 4 is 12.1 Å². The number of hydrogen-bond acceptors (Lipinski definition) is 5. The van der Waals surface area contributed by atoms with Crippen LogP contribution in [0.4, 0.5) is 4.79 Å². The Morgan fingerprint density at radius 1 is 1.32 bits per heavy atom. The average molecular weight is 273 g/mol. The number of hydrogen-bond donors (Lipinski definition) is 0. The first kappa shape index (κ1) is 15.8. The molecule has 1 atom stereocenters. The minimum atomic E-state index is -0.757. The first-order valence-corrected chi connectivity index (χ1v) is 6.27. The number of methoxy groups -OCH3 is 1. The molecule has 1 heterocycles. The monoisotopic (exact) mass is 273 g/mol. The van der Waals surface area contributed by atoms with Crippen molar-refractivity contribution in [3.63, 3.8) is 0 Å². The maximum Gasteiger partial charge on any atom is 0.411 e. The van der Waals surface area contributed by atoms with Crippen LogP contribution in [-0.2, 0) is 19.0 Å². The van der Waals surface area contributed by atoms with E-state index in [9.17, 15) is 9.59 Å². The van der Waals surface area contributed by atoms with Gasteiger partial charge in [-0.1, -0.05) is 0 Å². The van der Waals surface area contributed by atoms with Crippen molar-refractivity contribution in [3.8, 4) is 0 Å². The first-order valence-electron chi connectivity index (χ1n) is 6.27. The Bertz CT molecular complexity index is 359. The van der Waals surface area contributed by atoms with Crippen LogP contribution in [0.1, 0.15) is 34.6 Å². The second-order valence-corrected chi connectivity index (χ2v) is 6.22. The molecule has 6 nitrogen and oxygen atoms in total. The van der Waals surface area contributed by atoms with Crippen molar-refractivity contribution < 1.29 is 23.8 Å². The van der Waals surface area contributed by atoms with Crippen LogP contribution in [0.3, 0.4) is 0 Å². The van der Waals surface area contributed by atoms with Crippen molar-refractivity contribution in [2.75, 3.05) is 20.3 Å².